The van der Waals surface area contributed by atoms with Gasteiger partial charge in [0.15, 0.2) is 62.9 Å². The molecule has 66 nitrogen and oxygen atoms in total. The van der Waals surface area contributed by atoms with Crippen molar-refractivity contribution < 1.29 is 291 Å². The molecule has 0 saturated carbocycles. The molecule has 0 bridgehead atoms. The minimum Gasteiger partial charge on any atom is -0.477 e. The summed E-state index contributed by atoms with van der Waals surface area (Å²) in [4.78, 5) is 104. The first-order chi connectivity index (χ1) is 70.3. The van der Waals surface area contributed by atoms with Crippen molar-refractivity contribution in [1.29, 1.82) is 0 Å². The lowest BCUT2D eigenvalue weighted by Gasteiger charge is -2.52. The Bertz CT molecular complexity index is 4300. The molecule has 0 aliphatic carbocycles. The number of carboxylic acid groups (broad SMARTS) is 1. The van der Waals surface area contributed by atoms with E-state index in [-0.39, 0.29) is 0 Å². The molecule has 0 spiro atoms. The number of aliphatic carboxylic acids is 1. The van der Waals surface area contributed by atoms with E-state index in [2.05, 4.69) is 37.2 Å². The summed E-state index contributed by atoms with van der Waals surface area (Å²) >= 11 is 0. The number of carboxylic acids is 1. The molecule has 11 aliphatic rings. The Morgan fingerprint density at radius 1 is 0.275 bits per heavy atom. The number of nitrogens with one attached hydrogen (secondary N) is 7. The molecule has 11 saturated heterocycles. The Morgan fingerprint density at radius 2 is 0.557 bits per heavy atom. The zero-order valence-electron chi connectivity index (χ0n) is 80.5. The first kappa shape index (κ1) is 123. The van der Waals surface area contributed by atoms with Crippen molar-refractivity contribution in [2.24, 2.45) is 0 Å². The fraction of sp³-hybridized carbons (Fsp3) is 0.904. The smallest absolute Gasteiger partial charge is 0.364 e. The van der Waals surface area contributed by atoms with Gasteiger partial charge < -0.3 is 290 Å². The zero-order valence-corrected chi connectivity index (χ0v) is 80.5. The highest BCUT2D eigenvalue weighted by Crippen LogP contribution is 2.44. The number of amides is 7. The minimum atomic E-state index is -3.39. The molecule has 11 fully saturated rings. The predicted molar refractivity (Wildman–Crippen MR) is 461 cm³/mol. The van der Waals surface area contributed by atoms with Gasteiger partial charge in [-0.15, -0.1) is 0 Å². The maximum atomic E-state index is 13.6. The van der Waals surface area contributed by atoms with Gasteiger partial charge in [0.2, 0.25) is 41.4 Å². The molecule has 7 amide bonds. The van der Waals surface area contributed by atoms with Crippen LogP contribution in [0.25, 0.3) is 0 Å². The summed E-state index contributed by atoms with van der Waals surface area (Å²) in [7, 11) is 0. The number of aliphatic hydroxyl groups is 29. The van der Waals surface area contributed by atoms with Gasteiger partial charge in [0.1, 0.15) is 262 Å². The number of ether oxygens (including phenoxy) is 21. The van der Waals surface area contributed by atoms with Gasteiger partial charge in [0.25, 0.3) is 5.79 Å². The minimum absolute atomic E-state index is 0.811. The molecular weight excluding hydrogens is 2040 g/mol. The summed E-state index contributed by atoms with van der Waals surface area (Å²) in [5.74, 6) is -12.5. The summed E-state index contributed by atoms with van der Waals surface area (Å²) in [5.41, 5.74) is 0. The molecule has 11 aliphatic heterocycles. The van der Waals surface area contributed by atoms with E-state index >= 15 is 0 Å². The van der Waals surface area contributed by atoms with Crippen molar-refractivity contribution in [1.82, 2.24) is 37.2 Å². The molecule has 858 valence electrons. The lowest BCUT2D eigenvalue weighted by molar-refractivity contribution is -0.409. The van der Waals surface area contributed by atoms with Crippen LogP contribution >= 0.6 is 0 Å². The SMILES string of the molecule is CC(=O)N[C@@H]1[C@@H](O)[C@H](O[C@@H]2O[C@H](CO)[C@@H](O[C@@H]3O[C@H](CO[C@H]4O[C@H](CO[C@@H]5O[C@H](CO)[C@@H](O)[C@H](O)[C@H]5NC(C)=O)[C@@H](O)[C@H](O)[C@@H]4O[C@@H]4O[C@H](CO)[C@@H](O)[C@H](O)[C@H]4NC(C)=O)[C@@H](O[C@@H]4O[C@H](CO)[C@@H](O)[C@H](O)[C@H]4NC(C)=O)[C@H](O[C@H]4O[C@H](CO)[C@@H](O)[C@H](O)[C@@H]4O[C@@H]4O[C@H](CO)[C@@H](O[C@@H]5O[C@H](CO)[C@H](O)[C@H](O[C@]6(C(=O)O)C[C@H](O)[C@@H](NC(C)=O)[C@H]([C@H](O)[C@H](O)CO)O6)[C@H]5O)[C@H](O)[C@H]4NC(C)=O)[C@@H]3O)[C@H](O)[C@H]2NC(C)=O)[C@@H](CO)O[C@H]1O. The molecule has 11 rings (SSSR count). The van der Waals surface area contributed by atoms with Crippen LogP contribution in [0.5, 0.6) is 0 Å². The molecule has 37 N–H and O–H groups in total. The van der Waals surface area contributed by atoms with Crippen LogP contribution in [0.1, 0.15) is 54.9 Å². The summed E-state index contributed by atoms with van der Waals surface area (Å²) in [6.07, 6.45) is -112. The molecule has 0 aromatic heterocycles. The second kappa shape index (κ2) is 53.7. The second-order valence-electron chi connectivity index (χ2n) is 37.5. The largest absolute Gasteiger partial charge is 0.477 e. The quantitative estimate of drug-likeness (QED) is 0.0270. The van der Waals surface area contributed by atoms with Gasteiger partial charge in [-0.05, 0) is 0 Å². The Labute approximate surface area is 843 Å². The van der Waals surface area contributed by atoms with Crippen molar-refractivity contribution >= 4 is 47.3 Å². The highest BCUT2D eigenvalue weighted by molar-refractivity contribution is 5.77. The topological polar surface area (TPSA) is 1020 Å². The first-order valence-corrected chi connectivity index (χ1v) is 47.2. The standard InChI is InChI=1S/C83H137N7O59/c1-20(100)84-39-27(107)8-83(82(127)128,148-67(39)46(109)28(108)9-91)149-68-52(115)33(14-96)135-78(61(68)124)142-64-36(17-99)138-77(45(58(64)121)90-26(7)106)147-71-59(122)50(113)32(13-95)136-81(71)145-69-62(125)79(143-65-35(16-98)137-76(44(57(65)120)89-25(6)105)141-63-34(15-97)131-72(126)40(56(63)119)85-21(2)101)140-38(66(69)144-74-42(87-23(4)103)54(117)48(111)30(11-93)133-74)19-130-80-70(146-75-43(88-24(5)104)55(118)49(112)31(12-94)134-75)60(123)51(114)37(139-80)18-129-73-41(86-22(3)102)53(116)47(110)29(10-92)132-73/h27-81,91-99,107-126H,8-19H2,1-7H3,(H,84,100)(H,85,101)(H,86,102)(H,87,103)(H,88,104)(H,89,105)(H,90,106)(H,127,128)/t27-,28+,29+,30+,31+,32+,33+,34+,35+,36+,37+,38+,39+,40+,41+,42+,43+,44+,45+,46+,47+,48+,49+,50+,51+,52-,53+,54+,55+,56+,57+,58+,59-,60-,61+,62-,63+,64+,65+,66+,67+,68-,69+,70-,71-,72+,73+,74-,75-,76-,77-,78-,79-,80-,81+,83-/m0/s1. The van der Waals surface area contributed by atoms with Crippen LogP contribution < -0.4 is 37.2 Å². The van der Waals surface area contributed by atoms with Gasteiger partial charge in [-0.3, -0.25) is 33.6 Å². The van der Waals surface area contributed by atoms with Crippen molar-refractivity contribution in [2.45, 2.75) is 398 Å². The summed E-state index contributed by atoms with van der Waals surface area (Å²) in [5, 5.41) is 360. The third-order valence-electron chi connectivity index (χ3n) is 26.7. The molecule has 56 atom stereocenters. The van der Waals surface area contributed by atoms with Crippen LogP contribution in [-0.2, 0) is 138 Å². The summed E-state index contributed by atoms with van der Waals surface area (Å²) in [6.45, 7) is -7.47. The molecule has 0 aromatic rings. The number of carbonyl (C=O) groups is 8. The summed E-state index contributed by atoms with van der Waals surface area (Å²) in [6, 6.07) is -13.8. The third kappa shape index (κ3) is 27.9. The average molecular weight is 2180 g/mol. The molecule has 0 aromatic carbocycles. The molecular formula is C83H137N7O59. The van der Waals surface area contributed by atoms with Crippen molar-refractivity contribution in [3.05, 3.63) is 0 Å². The van der Waals surface area contributed by atoms with Crippen LogP contribution in [-0.4, -0.2) is 616 Å². The lowest BCUT2D eigenvalue weighted by Crippen LogP contribution is -2.72. The van der Waals surface area contributed by atoms with E-state index in [1.165, 1.54) is 0 Å². The molecule has 149 heavy (non-hydrogen) atoms. The normalized spacial score (nSPS) is 46.2. The van der Waals surface area contributed by atoms with E-state index in [1.807, 2.05) is 0 Å². The van der Waals surface area contributed by atoms with E-state index in [9.17, 15) is 192 Å². The van der Waals surface area contributed by atoms with Gasteiger partial charge >= 0.3 is 5.97 Å². The van der Waals surface area contributed by atoms with Gasteiger partial charge in [0.05, 0.1) is 84.8 Å². The lowest BCUT2D eigenvalue weighted by atomic mass is 9.88. The monoisotopic (exact) mass is 2180 g/mol. The fourth-order valence-electron chi connectivity index (χ4n) is 19.2. The van der Waals surface area contributed by atoms with E-state index in [1.54, 1.807) is 0 Å². The Balaban J connectivity index is 1.03. The van der Waals surface area contributed by atoms with E-state index < -0.39 is 469 Å². The average Bonchev–Trinajstić information content (AvgIpc) is 0.750. The summed E-state index contributed by atoms with van der Waals surface area (Å²) < 4.78 is 129. The molecule has 0 unspecified atom stereocenters. The van der Waals surface area contributed by atoms with Crippen LogP contribution in [0.2, 0.25) is 0 Å². The third-order valence-corrected chi connectivity index (χ3v) is 26.7. The van der Waals surface area contributed by atoms with Gasteiger partial charge in [0, 0.05) is 54.9 Å². The molecule has 66 heteroatoms. The van der Waals surface area contributed by atoms with E-state index in [0.29, 0.717) is 0 Å². The van der Waals surface area contributed by atoms with Crippen molar-refractivity contribution in [3.63, 3.8) is 0 Å². The first-order valence-electron chi connectivity index (χ1n) is 47.2. The highest BCUT2D eigenvalue weighted by Gasteiger charge is 2.65. The van der Waals surface area contributed by atoms with Crippen molar-refractivity contribution in [3.8, 4) is 0 Å². The maximum absolute atomic E-state index is 13.6. The van der Waals surface area contributed by atoms with Crippen LogP contribution in [0.4, 0.5) is 0 Å². The van der Waals surface area contributed by atoms with Gasteiger partial charge in [-0.1, -0.05) is 0 Å². The van der Waals surface area contributed by atoms with Gasteiger partial charge in [-0.25, -0.2) is 4.79 Å². The molecule has 0 radical (unpaired) electrons. The van der Waals surface area contributed by atoms with Crippen LogP contribution in [0.15, 0.2) is 0 Å². The zero-order chi connectivity index (χ0) is 110. The van der Waals surface area contributed by atoms with Crippen LogP contribution in [0.3, 0.4) is 0 Å². The second-order valence-corrected chi connectivity index (χ2v) is 37.5. The maximum Gasteiger partial charge on any atom is 0.364 e. The number of hydrogen-bond acceptors (Lipinski definition) is 58. The van der Waals surface area contributed by atoms with Crippen molar-refractivity contribution in [2.75, 3.05) is 72.7 Å². The predicted octanol–water partition coefficient (Wildman–Crippen LogP) is -24.8. The number of rotatable bonds is 41. The number of hydrogen-bond donors (Lipinski definition) is 37. The highest BCUT2D eigenvalue weighted by atomic mass is 16.8. The van der Waals surface area contributed by atoms with Crippen LogP contribution in [0, 0.1) is 0 Å². The fourth-order valence-corrected chi connectivity index (χ4v) is 19.2. The van der Waals surface area contributed by atoms with E-state index in [0.717, 1.165) is 48.5 Å². The van der Waals surface area contributed by atoms with Gasteiger partial charge in [-0.2, -0.15) is 0 Å². The number of carbonyl (C=O) groups excluding carboxylic acids is 7. The van der Waals surface area contributed by atoms with E-state index in [4.69, 9.17) is 99.5 Å². The molecule has 11 heterocycles. The number of aliphatic hydroxyl groups excluding tert-OH is 29. The Morgan fingerprint density at radius 3 is 0.966 bits per heavy atom. The Kier molecular flexibility index (Phi) is 44.3. The Hall–Kier alpha value is -6.24.